The number of halogens is 1. The molecule has 8 heteroatoms. The first kappa shape index (κ1) is 14.8. The molecule has 108 valence electrons. The smallest absolute Gasteiger partial charge is 0.238 e. The van der Waals surface area contributed by atoms with Gasteiger partial charge in [0, 0.05) is 0 Å². The SMILES string of the molecule is N#Cc1cc(F)ccc1Nc1cc(S(N)(=O)=O)ccc1N. The summed E-state index contributed by atoms with van der Waals surface area (Å²) in [4.78, 5) is -0.125. The molecule has 5 N–H and O–H groups in total. The van der Waals surface area contributed by atoms with Crippen molar-refractivity contribution >= 4 is 27.1 Å². The molecule has 2 rings (SSSR count). The molecule has 0 unspecified atom stereocenters. The monoisotopic (exact) mass is 306 g/mol. The zero-order valence-corrected chi connectivity index (χ0v) is 11.5. The Labute approximate surface area is 120 Å². The van der Waals surface area contributed by atoms with E-state index in [4.69, 9.17) is 16.1 Å². The first-order chi connectivity index (χ1) is 9.81. The van der Waals surface area contributed by atoms with Gasteiger partial charge in [-0.05, 0) is 36.4 Å². The van der Waals surface area contributed by atoms with Gasteiger partial charge in [0.05, 0.1) is 27.5 Å². The fourth-order valence-corrected chi connectivity index (χ4v) is 2.22. The first-order valence-electron chi connectivity index (χ1n) is 5.70. The molecule has 6 nitrogen and oxygen atoms in total. The minimum absolute atomic E-state index is 0.0652. The lowest BCUT2D eigenvalue weighted by Crippen LogP contribution is -2.12. The maximum Gasteiger partial charge on any atom is 0.238 e. The molecule has 0 saturated carbocycles. The number of nitrogens with two attached hydrogens (primary N) is 2. The maximum absolute atomic E-state index is 13.1. The number of nitrogens with zero attached hydrogens (tertiary/aromatic N) is 1. The van der Waals surface area contributed by atoms with Crippen molar-refractivity contribution in [3.05, 3.63) is 47.8 Å². The van der Waals surface area contributed by atoms with Crippen LogP contribution in [0.2, 0.25) is 0 Å². The molecule has 0 heterocycles. The van der Waals surface area contributed by atoms with E-state index in [1.54, 1.807) is 0 Å². The molecule has 0 radical (unpaired) electrons. The van der Waals surface area contributed by atoms with Crippen LogP contribution < -0.4 is 16.2 Å². The summed E-state index contributed by atoms with van der Waals surface area (Å²) in [5, 5.41) is 16.8. The quantitative estimate of drug-likeness (QED) is 0.744. The lowest BCUT2D eigenvalue weighted by molar-refractivity contribution is 0.598. The molecule has 0 aliphatic carbocycles. The number of nitrogens with one attached hydrogen (secondary N) is 1. The average Bonchev–Trinajstić information content (AvgIpc) is 2.41. The summed E-state index contributed by atoms with van der Waals surface area (Å²) in [6.45, 7) is 0. The zero-order valence-electron chi connectivity index (χ0n) is 10.7. The van der Waals surface area contributed by atoms with Gasteiger partial charge in [-0.25, -0.2) is 17.9 Å². The van der Waals surface area contributed by atoms with Crippen molar-refractivity contribution in [2.45, 2.75) is 4.90 Å². The molecule has 21 heavy (non-hydrogen) atoms. The van der Waals surface area contributed by atoms with Crippen molar-refractivity contribution in [2.75, 3.05) is 11.1 Å². The lowest BCUT2D eigenvalue weighted by Gasteiger charge is -2.12. The van der Waals surface area contributed by atoms with Crippen molar-refractivity contribution in [2.24, 2.45) is 5.14 Å². The fourth-order valence-electron chi connectivity index (χ4n) is 1.68. The van der Waals surface area contributed by atoms with Gasteiger partial charge in [0.15, 0.2) is 0 Å². The van der Waals surface area contributed by atoms with Crippen LogP contribution in [-0.2, 0) is 10.0 Å². The molecule has 0 fully saturated rings. The minimum Gasteiger partial charge on any atom is -0.397 e. The van der Waals surface area contributed by atoms with E-state index in [0.29, 0.717) is 5.69 Å². The highest BCUT2D eigenvalue weighted by Crippen LogP contribution is 2.27. The summed E-state index contributed by atoms with van der Waals surface area (Å²) in [6, 6.07) is 9.31. The molecule has 2 aromatic rings. The van der Waals surface area contributed by atoms with Gasteiger partial charge in [0.2, 0.25) is 10.0 Å². The third-order valence-corrected chi connectivity index (χ3v) is 3.64. The summed E-state index contributed by atoms with van der Waals surface area (Å²) < 4.78 is 35.7. The van der Waals surface area contributed by atoms with Crippen LogP contribution in [0.15, 0.2) is 41.3 Å². The third kappa shape index (κ3) is 3.28. The third-order valence-electron chi connectivity index (χ3n) is 2.72. The van der Waals surface area contributed by atoms with Gasteiger partial charge in [-0.2, -0.15) is 5.26 Å². The number of sulfonamides is 1. The van der Waals surface area contributed by atoms with Crippen LogP contribution in [0.1, 0.15) is 5.56 Å². The molecule has 0 bridgehead atoms. The molecule has 0 saturated heterocycles. The number of primary sulfonamides is 1. The predicted octanol–water partition coefficient (Wildman–Crippen LogP) is 1.67. The Morgan fingerprint density at radius 2 is 1.86 bits per heavy atom. The standard InChI is InChI=1S/C13H11FN4O2S/c14-9-1-4-12(8(5-9)7-15)18-13-6-10(21(17,19)20)2-3-11(13)16/h1-6,18H,16H2,(H2,17,19,20). The van der Waals surface area contributed by atoms with Crippen molar-refractivity contribution in [3.63, 3.8) is 0 Å². The van der Waals surface area contributed by atoms with E-state index in [-0.39, 0.29) is 21.8 Å². The number of benzene rings is 2. The molecule has 0 aliphatic heterocycles. The highest BCUT2D eigenvalue weighted by molar-refractivity contribution is 7.89. The predicted molar refractivity (Wildman–Crippen MR) is 76.6 cm³/mol. The summed E-state index contributed by atoms with van der Waals surface area (Å²) in [5.74, 6) is -0.552. The zero-order chi connectivity index (χ0) is 15.6. The summed E-state index contributed by atoms with van der Waals surface area (Å²) >= 11 is 0. The Hall–Kier alpha value is -2.63. The van der Waals surface area contributed by atoms with Gasteiger partial charge in [-0.1, -0.05) is 0 Å². The molecule has 2 aromatic carbocycles. The summed E-state index contributed by atoms with van der Waals surface area (Å²) in [5.41, 5.74) is 6.63. The number of rotatable bonds is 3. The Bertz CT molecular complexity index is 844. The van der Waals surface area contributed by atoms with Crippen LogP contribution in [0, 0.1) is 17.1 Å². The largest absolute Gasteiger partial charge is 0.397 e. The average molecular weight is 306 g/mol. The van der Waals surface area contributed by atoms with E-state index in [1.807, 2.05) is 6.07 Å². The van der Waals surface area contributed by atoms with E-state index in [2.05, 4.69) is 5.32 Å². The normalized spacial score (nSPS) is 10.9. The van der Waals surface area contributed by atoms with E-state index >= 15 is 0 Å². The number of nitriles is 1. The van der Waals surface area contributed by atoms with Gasteiger partial charge in [-0.3, -0.25) is 0 Å². The van der Waals surface area contributed by atoms with Crippen LogP contribution in [0.3, 0.4) is 0 Å². The van der Waals surface area contributed by atoms with Crippen molar-refractivity contribution in [3.8, 4) is 6.07 Å². The molecule has 0 aromatic heterocycles. The van der Waals surface area contributed by atoms with Gasteiger partial charge >= 0.3 is 0 Å². The van der Waals surface area contributed by atoms with E-state index in [9.17, 15) is 12.8 Å². The van der Waals surface area contributed by atoms with Crippen molar-refractivity contribution in [1.29, 1.82) is 5.26 Å². The van der Waals surface area contributed by atoms with E-state index < -0.39 is 15.8 Å². The maximum atomic E-state index is 13.1. The Morgan fingerprint density at radius 1 is 1.14 bits per heavy atom. The Balaban J connectivity index is 2.47. The number of hydrogen-bond donors (Lipinski definition) is 3. The lowest BCUT2D eigenvalue weighted by atomic mass is 10.1. The molecular weight excluding hydrogens is 295 g/mol. The molecule has 0 atom stereocenters. The summed E-state index contributed by atoms with van der Waals surface area (Å²) in [6.07, 6.45) is 0. The topological polar surface area (TPSA) is 122 Å². The molecular formula is C13H11FN4O2S. The van der Waals surface area contributed by atoms with Crippen LogP contribution in [0.4, 0.5) is 21.5 Å². The Morgan fingerprint density at radius 3 is 2.48 bits per heavy atom. The number of anilines is 3. The van der Waals surface area contributed by atoms with Gasteiger partial charge in [-0.15, -0.1) is 0 Å². The van der Waals surface area contributed by atoms with Crippen LogP contribution >= 0.6 is 0 Å². The van der Waals surface area contributed by atoms with Crippen molar-refractivity contribution < 1.29 is 12.8 Å². The Kier molecular flexibility index (Phi) is 3.80. The first-order valence-corrected chi connectivity index (χ1v) is 7.25. The fraction of sp³-hybridized carbons (Fsp3) is 0. The molecule has 0 amide bonds. The van der Waals surface area contributed by atoms with Crippen LogP contribution in [-0.4, -0.2) is 8.42 Å². The molecule has 0 aliphatic rings. The van der Waals surface area contributed by atoms with E-state index in [0.717, 1.165) is 6.07 Å². The van der Waals surface area contributed by atoms with Gasteiger partial charge in [0.1, 0.15) is 11.9 Å². The highest BCUT2D eigenvalue weighted by atomic mass is 32.2. The van der Waals surface area contributed by atoms with Crippen LogP contribution in [0.5, 0.6) is 0 Å². The number of nitrogen functional groups attached to an aromatic ring is 1. The van der Waals surface area contributed by atoms with Gasteiger partial charge < -0.3 is 11.1 Å². The molecule has 0 spiro atoms. The second-order valence-electron chi connectivity index (χ2n) is 4.22. The summed E-state index contributed by atoms with van der Waals surface area (Å²) in [7, 11) is -3.88. The minimum atomic E-state index is -3.88. The second kappa shape index (κ2) is 5.40. The van der Waals surface area contributed by atoms with Crippen LogP contribution in [0.25, 0.3) is 0 Å². The number of hydrogen-bond acceptors (Lipinski definition) is 5. The highest BCUT2D eigenvalue weighted by Gasteiger charge is 2.12. The van der Waals surface area contributed by atoms with Crippen molar-refractivity contribution in [1.82, 2.24) is 0 Å². The van der Waals surface area contributed by atoms with Gasteiger partial charge in [0.25, 0.3) is 0 Å². The van der Waals surface area contributed by atoms with E-state index in [1.165, 1.54) is 30.3 Å². The second-order valence-corrected chi connectivity index (χ2v) is 5.78.